The molecule has 27 heavy (non-hydrogen) atoms. The lowest BCUT2D eigenvalue weighted by molar-refractivity contribution is -0.885. The van der Waals surface area contributed by atoms with Crippen LogP contribution in [0.5, 0.6) is 0 Å². The zero-order valence-electron chi connectivity index (χ0n) is 16.5. The fraction of sp³-hybridized carbons (Fsp3) is 0.350. The Morgan fingerprint density at radius 3 is 2.44 bits per heavy atom. The van der Waals surface area contributed by atoms with Gasteiger partial charge in [0.15, 0.2) is 6.54 Å². The minimum atomic E-state index is -3.53. The molecule has 6 nitrogen and oxygen atoms in total. The monoisotopic (exact) mass is 390 g/mol. The molecular formula is C20H28N3O3S+. The Balaban J connectivity index is 2.01. The smallest absolute Gasteiger partial charge is 0.279 e. The first-order valence-corrected chi connectivity index (χ1v) is 10.2. The summed E-state index contributed by atoms with van der Waals surface area (Å²) in [4.78, 5) is 13.6. The first-order chi connectivity index (χ1) is 12.6. The number of aryl methyl sites for hydroxylation is 2. The SMILES string of the molecule is Cc1ccc(C[NH+](C)CC(=O)Nc2cccc(S(=O)(=O)N(C)C)c2)c(C)c1. The number of hydrogen-bond donors (Lipinski definition) is 2. The van der Waals surface area contributed by atoms with E-state index in [9.17, 15) is 13.2 Å². The number of quaternary nitrogens is 1. The second-order valence-electron chi connectivity index (χ2n) is 7.10. The van der Waals surface area contributed by atoms with Crippen molar-refractivity contribution in [2.45, 2.75) is 25.3 Å². The molecule has 0 aliphatic carbocycles. The van der Waals surface area contributed by atoms with E-state index in [1.165, 1.54) is 42.9 Å². The molecule has 0 aromatic heterocycles. The predicted octanol–water partition coefficient (Wildman–Crippen LogP) is 1.21. The van der Waals surface area contributed by atoms with Gasteiger partial charge in [0.1, 0.15) is 6.54 Å². The fourth-order valence-corrected chi connectivity index (χ4v) is 3.80. The molecule has 2 aromatic rings. The number of hydrogen-bond acceptors (Lipinski definition) is 3. The van der Waals surface area contributed by atoms with Crippen molar-refractivity contribution in [2.24, 2.45) is 0 Å². The number of likely N-dealkylation sites (N-methyl/N-ethyl adjacent to an activating group) is 1. The van der Waals surface area contributed by atoms with E-state index < -0.39 is 10.0 Å². The van der Waals surface area contributed by atoms with E-state index in [2.05, 4.69) is 37.4 Å². The maximum atomic E-state index is 12.4. The molecule has 0 fully saturated rings. The number of rotatable bonds is 7. The van der Waals surface area contributed by atoms with Crippen LogP contribution in [-0.2, 0) is 21.4 Å². The van der Waals surface area contributed by atoms with Crippen molar-refractivity contribution in [3.63, 3.8) is 0 Å². The van der Waals surface area contributed by atoms with Gasteiger partial charge in [-0.1, -0.05) is 29.8 Å². The van der Waals surface area contributed by atoms with Crippen LogP contribution < -0.4 is 10.2 Å². The molecule has 1 atom stereocenters. The quantitative estimate of drug-likeness (QED) is 0.747. The van der Waals surface area contributed by atoms with Crippen LogP contribution in [0.15, 0.2) is 47.4 Å². The minimum absolute atomic E-state index is 0.154. The van der Waals surface area contributed by atoms with E-state index in [0.29, 0.717) is 5.69 Å². The van der Waals surface area contributed by atoms with Gasteiger partial charge in [-0.05, 0) is 37.6 Å². The molecule has 7 heteroatoms. The summed E-state index contributed by atoms with van der Waals surface area (Å²) >= 11 is 0. The standard InChI is InChI=1S/C20H27N3O3S/c1-15-9-10-17(16(2)11-15)13-23(5)14-20(24)21-18-7-6-8-19(12-18)27(25,26)22(3)4/h6-12H,13-14H2,1-5H3,(H,21,24)/p+1. The lowest BCUT2D eigenvalue weighted by atomic mass is 10.1. The summed E-state index contributed by atoms with van der Waals surface area (Å²) in [7, 11) is 1.39. The minimum Gasteiger partial charge on any atom is -0.326 e. The second kappa shape index (κ2) is 8.65. The molecule has 0 bridgehead atoms. The normalized spacial score (nSPS) is 12.8. The van der Waals surface area contributed by atoms with Crippen molar-refractivity contribution in [3.8, 4) is 0 Å². The number of nitrogens with zero attached hydrogens (tertiary/aromatic N) is 1. The van der Waals surface area contributed by atoms with Gasteiger partial charge in [-0.15, -0.1) is 0 Å². The van der Waals surface area contributed by atoms with Crippen LogP contribution in [0.2, 0.25) is 0 Å². The largest absolute Gasteiger partial charge is 0.326 e. The number of amides is 1. The van der Waals surface area contributed by atoms with Crippen LogP contribution in [0.4, 0.5) is 5.69 Å². The van der Waals surface area contributed by atoms with Gasteiger partial charge >= 0.3 is 0 Å². The molecule has 2 N–H and O–H groups in total. The highest BCUT2D eigenvalue weighted by Crippen LogP contribution is 2.17. The van der Waals surface area contributed by atoms with Crippen LogP contribution in [-0.4, -0.2) is 46.3 Å². The summed E-state index contributed by atoms with van der Waals surface area (Å²) in [6.07, 6.45) is 0. The Kier molecular flexibility index (Phi) is 6.75. The van der Waals surface area contributed by atoms with Gasteiger partial charge in [0.2, 0.25) is 10.0 Å². The predicted molar refractivity (Wildman–Crippen MR) is 107 cm³/mol. The summed E-state index contributed by atoms with van der Waals surface area (Å²) in [5, 5.41) is 2.79. The number of benzene rings is 2. The summed E-state index contributed by atoms with van der Waals surface area (Å²) in [6.45, 7) is 5.17. The first-order valence-electron chi connectivity index (χ1n) is 8.79. The van der Waals surface area contributed by atoms with Crippen molar-refractivity contribution in [1.82, 2.24) is 4.31 Å². The molecule has 0 saturated heterocycles. The Morgan fingerprint density at radius 1 is 1.11 bits per heavy atom. The molecule has 0 aliphatic rings. The van der Waals surface area contributed by atoms with Gasteiger partial charge in [-0.3, -0.25) is 4.79 Å². The van der Waals surface area contributed by atoms with E-state index in [0.717, 1.165) is 15.7 Å². The highest BCUT2D eigenvalue weighted by atomic mass is 32.2. The second-order valence-corrected chi connectivity index (χ2v) is 9.26. The molecule has 0 aliphatic heterocycles. The molecule has 2 rings (SSSR count). The van der Waals surface area contributed by atoms with Crippen LogP contribution >= 0.6 is 0 Å². The molecule has 1 amide bonds. The van der Waals surface area contributed by atoms with Gasteiger partial charge in [0.25, 0.3) is 5.91 Å². The molecular weight excluding hydrogens is 362 g/mol. The Bertz CT molecular complexity index is 924. The third-order valence-electron chi connectivity index (χ3n) is 4.35. The van der Waals surface area contributed by atoms with E-state index in [1.807, 2.05) is 7.05 Å². The van der Waals surface area contributed by atoms with Crippen LogP contribution in [0.3, 0.4) is 0 Å². The maximum absolute atomic E-state index is 12.4. The Hall–Kier alpha value is -2.22. The number of carbonyl (C=O) groups excluding carboxylic acids is 1. The number of nitrogens with one attached hydrogen (secondary N) is 2. The summed E-state index contributed by atoms with van der Waals surface area (Å²) in [5.74, 6) is -0.156. The number of sulfonamides is 1. The van der Waals surface area contributed by atoms with Crippen LogP contribution in [0, 0.1) is 13.8 Å². The summed E-state index contributed by atoms with van der Waals surface area (Å²) in [5.41, 5.74) is 4.13. The number of anilines is 1. The fourth-order valence-electron chi connectivity index (χ4n) is 2.86. The zero-order chi connectivity index (χ0) is 20.2. The van der Waals surface area contributed by atoms with E-state index in [4.69, 9.17) is 0 Å². The zero-order valence-corrected chi connectivity index (χ0v) is 17.4. The highest BCUT2D eigenvalue weighted by molar-refractivity contribution is 7.89. The van der Waals surface area contributed by atoms with E-state index >= 15 is 0 Å². The molecule has 146 valence electrons. The molecule has 0 saturated carbocycles. The lowest BCUT2D eigenvalue weighted by Crippen LogP contribution is -3.08. The van der Waals surface area contributed by atoms with Gasteiger partial charge in [-0.2, -0.15) is 0 Å². The van der Waals surface area contributed by atoms with E-state index in [1.54, 1.807) is 12.1 Å². The Morgan fingerprint density at radius 2 is 1.81 bits per heavy atom. The van der Waals surface area contributed by atoms with Crippen molar-refractivity contribution >= 4 is 21.6 Å². The Labute approximate surface area is 161 Å². The van der Waals surface area contributed by atoms with Gasteiger partial charge in [0.05, 0.1) is 11.9 Å². The third kappa shape index (κ3) is 5.63. The summed E-state index contributed by atoms with van der Waals surface area (Å²) < 4.78 is 25.6. The molecule has 0 spiro atoms. The molecule has 0 heterocycles. The van der Waals surface area contributed by atoms with Gasteiger partial charge in [0, 0.05) is 25.3 Å². The molecule has 0 radical (unpaired) electrons. The third-order valence-corrected chi connectivity index (χ3v) is 6.16. The topological polar surface area (TPSA) is 70.9 Å². The van der Waals surface area contributed by atoms with E-state index in [-0.39, 0.29) is 17.3 Å². The van der Waals surface area contributed by atoms with Crippen LogP contribution in [0.1, 0.15) is 16.7 Å². The van der Waals surface area contributed by atoms with Crippen molar-refractivity contribution in [3.05, 3.63) is 59.2 Å². The average molecular weight is 391 g/mol. The van der Waals surface area contributed by atoms with Crippen molar-refractivity contribution in [1.29, 1.82) is 0 Å². The summed E-state index contributed by atoms with van der Waals surface area (Å²) in [6, 6.07) is 12.6. The lowest BCUT2D eigenvalue weighted by Gasteiger charge is -2.16. The van der Waals surface area contributed by atoms with Gasteiger partial charge < -0.3 is 10.2 Å². The maximum Gasteiger partial charge on any atom is 0.279 e. The number of carbonyl (C=O) groups is 1. The first kappa shape index (κ1) is 21.1. The molecule has 1 unspecified atom stereocenters. The average Bonchev–Trinajstić information content (AvgIpc) is 2.57. The van der Waals surface area contributed by atoms with Crippen LogP contribution in [0.25, 0.3) is 0 Å². The van der Waals surface area contributed by atoms with Crippen molar-refractivity contribution < 1.29 is 18.1 Å². The van der Waals surface area contributed by atoms with Crippen molar-refractivity contribution in [2.75, 3.05) is 33.0 Å². The van der Waals surface area contributed by atoms with Gasteiger partial charge in [-0.25, -0.2) is 12.7 Å². The highest BCUT2D eigenvalue weighted by Gasteiger charge is 2.18. The molecule has 2 aromatic carbocycles.